The highest BCUT2D eigenvalue weighted by atomic mass is 35.5. The molecule has 0 radical (unpaired) electrons. The Balaban J connectivity index is 1.82. The Hall–Kier alpha value is -2.37. The molecule has 2 aromatic carbocycles. The number of hydrogen-bond donors (Lipinski definition) is 2. The summed E-state index contributed by atoms with van der Waals surface area (Å²) < 4.78 is 2.53. The quantitative estimate of drug-likeness (QED) is 0.511. The van der Waals surface area contributed by atoms with E-state index < -0.39 is 0 Å². The van der Waals surface area contributed by atoms with Gasteiger partial charge in [0, 0.05) is 33.7 Å². The van der Waals surface area contributed by atoms with Gasteiger partial charge in [0.25, 0.3) is 0 Å². The minimum Gasteiger partial charge on any atom is -0.358 e. The molecule has 0 atom stereocenters. The van der Waals surface area contributed by atoms with E-state index in [2.05, 4.69) is 40.3 Å². The van der Waals surface area contributed by atoms with Crippen LogP contribution in [0.3, 0.4) is 0 Å². The molecule has 120 valence electrons. The number of nitrogens with one attached hydrogen (secondary N) is 2. The van der Waals surface area contributed by atoms with E-state index in [1.54, 1.807) is 0 Å². The SMILES string of the molecule is Cc1[nH]c2ccccc2c1Cc1n[nH]c(=S)n1-c1ccc(Cl)cc1. The number of aromatic nitrogens is 4. The van der Waals surface area contributed by atoms with Crippen LogP contribution < -0.4 is 0 Å². The number of halogens is 1. The van der Waals surface area contributed by atoms with E-state index in [-0.39, 0.29) is 0 Å². The molecule has 0 fully saturated rings. The lowest BCUT2D eigenvalue weighted by Crippen LogP contribution is -2.03. The predicted octanol–water partition coefficient (Wildman–Crippen LogP) is 4.96. The molecule has 0 amide bonds. The van der Waals surface area contributed by atoms with Gasteiger partial charge in [-0.05, 0) is 55.0 Å². The summed E-state index contributed by atoms with van der Waals surface area (Å²) in [7, 11) is 0. The number of fused-ring (bicyclic) bond motifs is 1. The number of nitrogens with zero attached hydrogens (tertiary/aromatic N) is 2. The summed E-state index contributed by atoms with van der Waals surface area (Å²) in [5, 5.41) is 9.25. The van der Waals surface area contributed by atoms with Crippen LogP contribution >= 0.6 is 23.8 Å². The molecule has 4 rings (SSSR count). The van der Waals surface area contributed by atoms with Crippen molar-refractivity contribution in [3.63, 3.8) is 0 Å². The second-order valence-corrected chi connectivity index (χ2v) is 6.53. The van der Waals surface area contributed by atoms with Crippen molar-refractivity contribution in [2.75, 3.05) is 0 Å². The Bertz CT molecular complexity index is 1070. The molecule has 0 saturated heterocycles. The van der Waals surface area contributed by atoms with Crippen molar-refractivity contribution < 1.29 is 0 Å². The largest absolute Gasteiger partial charge is 0.358 e. The van der Waals surface area contributed by atoms with Crippen molar-refractivity contribution in [3.05, 3.63) is 75.4 Å². The molecule has 2 aromatic heterocycles. The Labute approximate surface area is 149 Å². The molecular formula is C18H15ClN4S. The highest BCUT2D eigenvalue weighted by Crippen LogP contribution is 2.25. The monoisotopic (exact) mass is 354 g/mol. The van der Waals surface area contributed by atoms with Crippen LogP contribution in [0.4, 0.5) is 0 Å². The molecule has 0 aliphatic carbocycles. The number of hydrogen-bond acceptors (Lipinski definition) is 2. The lowest BCUT2D eigenvalue weighted by Gasteiger charge is -2.07. The lowest BCUT2D eigenvalue weighted by molar-refractivity contribution is 0.900. The molecule has 4 aromatic rings. The first-order valence-electron chi connectivity index (χ1n) is 7.62. The van der Waals surface area contributed by atoms with Gasteiger partial charge < -0.3 is 4.98 Å². The first kappa shape index (κ1) is 15.2. The van der Waals surface area contributed by atoms with Gasteiger partial charge in [-0.15, -0.1) is 0 Å². The summed E-state index contributed by atoms with van der Waals surface area (Å²) in [6, 6.07) is 15.9. The van der Waals surface area contributed by atoms with Crippen molar-refractivity contribution in [1.29, 1.82) is 0 Å². The maximum Gasteiger partial charge on any atom is 0.199 e. The Morgan fingerprint density at radius 3 is 2.67 bits per heavy atom. The molecule has 0 aliphatic rings. The van der Waals surface area contributed by atoms with Gasteiger partial charge in [0.2, 0.25) is 0 Å². The lowest BCUT2D eigenvalue weighted by atomic mass is 10.1. The number of benzene rings is 2. The number of rotatable bonds is 3. The van der Waals surface area contributed by atoms with E-state index in [4.69, 9.17) is 23.8 Å². The van der Waals surface area contributed by atoms with Crippen molar-refractivity contribution in [2.45, 2.75) is 13.3 Å². The van der Waals surface area contributed by atoms with Crippen LogP contribution in [-0.2, 0) is 6.42 Å². The molecule has 4 nitrogen and oxygen atoms in total. The van der Waals surface area contributed by atoms with Gasteiger partial charge in [0.05, 0.1) is 0 Å². The van der Waals surface area contributed by atoms with Crippen LogP contribution in [0.25, 0.3) is 16.6 Å². The minimum atomic E-state index is 0.574. The molecular weight excluding hydrogens is 340 g/mol. The van der Waals surface area contributed by atoms with Crippen LogP contribution in [0.1, 0.15) is 17.1 Å². The van der Waals surface area contributed by atoms with Crippen LogP contribution in [-0.4, -0.2) is 19.7 Å². The fourth-order valence-corrected chi connectivity index (χ4v) is 3.41. The highest BCUT2D eigenvalue weighted by Gasteiger charge is 2.14. The van der Waals surface area contributed by atoms with Crippen LogP contribution in [0.2, 0.25) is 5.02 Å². The van der Waals surface area contributed by atoms with E-state index in [0.29, 0.717) is 16.2 Å². The van der Waals surface area contributed by atoms with Crippen molar-refractivity contribution in [3.8, 4) is 5.69 Å². The zero-order valence-corrected chi connectivity index (χ0v) is 14.6. The highest BCUT2D eigenvalue weighted by molar-refractivity contribution is 7.71. The zero-order valence-electron chi connectivity index (χ0n) is 13.0. The van der Waals surface area contributed by atoms with Gasteiger partial charge in [0.1, 0.15) is 5.82 Å². The molecule has 6 heteroatoms. The van der Waals surface area contributed by atoms with Gasteiger partial charge >= 0.3 is 0 Å². The fourth-order valence-electron chi connectivity index (χ4n) is 3.03. The third-order valence-corrected chi connectivity index (χ3v) is 4.71. The second-order valence-electron chi connectivity index (χ2n) is 5.71. The van der Waals surface area contributed by atoms with E-state index >= 15 is 0 Å². The van der Waals surface area contributed by atoms with E-state index in [1.165, 1.54) is 10.9 Å². The maximum atomic E-state index is 5.99. The molecule has 0 saturated carbocycles. The summed E-state index contributed by atoms with van der Waals surface area (Å²) in [4.78, 5) is 3.43. The third kappa shape index (κ3) is 2.56. The average Bonchev–Trinajstić information content (AvgIpc) is 3.09. The summed E-state index contributed by atoms with van der Waals surface area (Å²) in [5.41, 5.74) is 4.46. The summed E-state index contributed by atoms with van der Waals surface area (Å²) in [5.74, 6) is 0.871. The fraction of sp³-hybridized carbons (Fsp3) is 0.111. The third-order valence-electron chi connectivity index (χ3n) is 4.19. The van der Waals surface area contributed by atoms with Gasteiger partial charge in [-0.3, -0.25) is 9.67 Å². The molecule has 0 aliphatic heterocycles. The van der Waals surface area contributed by atoms with Crippen LogP contribution in [0.5, 0.6) is 0 Å². The van der Waals surface area contributed by atoms with Gasteiger partial charge in [-0.25, -0.2) is 0 Å². The van der Waals surface area contributed by atoms with Crippen LogP contribution in [0, 0.1) is 11.7 Å². The maximum absolute atomic E-state index is 5.99. The topological polar surface area (TPSA) is 49.4 Å². The molecule has 0 unspecified atom stereocenters. The molecule has 0 spiro atoms. The number of aryl methyl sites for hydroxylation is 1. The Morgan fingerprint density at radius 1 is 1.12 bits per heavy atom. The summed E-state index contributed by atoms with van der Waals surface area (Å²) in [6.45, 7) is 2.09. The molecule has 2 N–H and O–H groups in total. The zero-order chi connectivity index (χ0) is 16.7. The molecule has 24 heavy (non-hydrogen) atoms. The normalized spacial score (nSPS) is 11.2. The number of para-hydroxylation sites is 1. The van der Waals surface area contributed by atoms with Crippen molar-refractivity contribution in [1.82, 2.24) is 19.7 Å². The minimum absolute atomic E-state index is 0.574. The number of aromatic amines is 2. The Morgan fingerprint density at radius 2 is 1.88 bits per heavy atom. The van der Waals surface area contributed by atoms with Crippen molar-refractivity contribution >= 4 is 34.7 Å². The number of H-pyrrole nitrogens is 2. The smallest absolute Gasteiger partial charge is 0.199 e. The van der Waals surface area contributed by atoms with Crippen LogP contribution in [0.15, 0.2) is 48.5 Å². The Kier molecular flexibility index (Phi) is 3.75. The average molecular weight is 355 g/mol. The standard InChI is InChI=1S/C18H15ClN4S/c1-11-15(14-4-2-3-5-16(14)20-11)10-17-21-22-18(24)23(17)13-8-6-12(19)7-9-13/h2-9,20H,10H2,1H3,(H,22,24). The van der Waals surface area contributed by atoms with Crippen molar-refractivity contribution in [2.24, 2.45) is 0 Å². The van der Waals surface area contributed by atoms with Gasteiger partial charge in [-0.2, -0.15) is 5.10 Å². The van der Waals surface area contributed by atoms with Gasteiger partial charge in [-0.1, -0.05) is 29.8 Å². The predicted molar refractivity (Wildman–Crippen MR) is 99.6 cm³/mol. The molecule has 2 heterocycles. The summed E-state index contributed by atoms with van der Waals surface area (Å²) in [6.07, 6.45) is 0.686. The molecule has 0 bridgehead atoms. The second kappa shape index (κ2) is 5.92. The first-order valence-corrected chi connectivity index (χ1v) is 8.40. The summed E-state index contributed by atoms with van der Waals surface area (Å²) >= 11 is 11.4. The van der Waals surface area contributed by atoms with Gasteiger partial charge in [0.15, 0.2) is 4.77 Å². The van der Waals surface area contributed by atoms with E-state index in [9.17, 15) is 0 Å². The first-order chi connectivity index (χ1) is 11.6. The van der Waals surface area contributed by atoms with E-state index in [0.717, 1.165) is 22.7 Å². The van der Waals surface area contributed by atoms with E-state index in [1.807, 2.05) is 34.9 Å².